The number of imidazole rings is 1. The number of carbonyl (C=O) groups is 1. The second-order valence-electron chi connectivity index (χ2n) is 8.98. The maximum absolute atomic E-state index is 13.0. The van der Waals surface area contributed by atoms with Crippen LogP contribution in [0.1, 0.15) is 40.2 Å². The zero-order valence-corrected chi connectivity index (χ0v) is 19.7. The number of hydrogen-bond acceptors (Lipinski definition) is 6. The van der Waals surface area contributed by atoms with Crippen LogP contribution in [0.15, 0.2) is 73.2 Å². The summed E-state index contributed by atoms with van der Waals surface area (Å²) in [5.74, 6) is 1.09. The predicted octanol–water partition coefficient (Wildman–Crippen LogP) is 4.50. The fraction of sp³-hybridized carbons (Fsp3) is 0.185. The third-order valence-corrected chi connectivity index (χ3v) is 6.42. The molecule has 0 saturated heterocycles. The molecule has 2 aromatic carbocycles. The first-order valence-corrected chi connectivity index (χ1v) is 11.8. The third kappa shape index (κ3) is 4.20. The topological polar surface area (TPSA) is 109 Å². The number of benzene rings is 2. The smallest absolute Gasteiger partial charge is 0.255 e. The number of fused-ring (bicyclic) bond motifs is 1. The third-order valence-electron chi connectivity index (χ3n) is 6.42. The SMILES string of the molecule is Cn1ccc(Nc2cc(-c3cccc(NC(=O)c4ccc(C5CC5)cc4)c3CO)nn3ccnc23)n1. The summed E-state index contributed by atoms with van der Waals surface area (Å²) in [4.78, 5) is 17.4. The van der Waals surface area contributed by atoms with Crippen molar-refractivity contribution in [3.05, 3.63) is 89.9 Å². The lowest BCUT2D eigenvalue weighted by atomic mass is 10.0. The quantitative estimate of drug-likeness (QED) is 0.317. The van der Waals surface area contributed by atoms with Crippen LogP contribution in [0.2, 0.25) is 0 Å². The van der Waals surface area contributed by atoms with Gasteiger partial charge in [-0.3, -0.25) is 9.48 Å². The highest BCUT2D eigenvalue weighted by Gasteiger charge is 2.23. The van der Waals surface area contributed by atoms with Crippen LogP contribution in [0.25, 0.3) is 16.9 Å². The molecule has 0 bridgehead atoms. The van der Waals surface area contributed by atoms with Gasteiger partial charge in [0.15, 0.2) is 11.5 Å². The maximum atomic E-state index is 13.0. The predicted molar refractivity (Wildman–Crippen MR) is 137 cm³/mol. The number of nitrogens with zero attached hydrogens (tertiary/aromatic N) is 5. The van der Waals surface area contributed by atoms with Gasteiger partial charge in [0.2, 0.25) is 0 Å². The molecule has 0 aliphatic heterocycles. The van der Waals surface area contributed by atoms with Crippen LogP contribution < -0.4 is 10.6 Å². The number of aromatic nitrogens is 5. The molecule has 3 N–H and O–H groups in total. The van der Waals surface area contributed by atoms with Crippen LogP contribution in [0.3, 0.4) is 0 Å². The molecule has 6 rings (SSSR count). The van der Waals surface area contributed by atoms with Gasteiger partial charge in [-0.05, 0) is 48.6 Å². The van der Waals surface area contributed by atoms with Gasteiger partial charge < -0.3 is 15.7 Å². The molecule has 180 valence electrons. The number of aliphatic hydroxyl groups is 1. The van der Waals surface area contributed by atoms with Gasteiger partial charge in [-0.2, -0.15) is 10.2 Å². The van der Waals surface area contributed by atoms with Crippen LogP contribution in [-0.2, 0) is 13.7 Å². The molecular formula is C27H25N7O2. The van der Waals surface area contributed by atoms with Crippen molar-refractivity contribution in [2.24, 2.45) is 7.05 Å². The highest BCUT2D eigenvalue weighted by molar-refractivity contribution is 6.05. The summed E-state index contributed by atoms with van der Waals surface area (Å²) in [5, 5.41) is 25.7. The van der Waals surface area contributed by atoms with Crippen molar-refractivity contribution >= 4 is 28.7 Å². The van der Waals surface area contributed by atoms with E-state index in [2.05, 4.69) is 20.7 Å². The number of nitrogens with one attached hydrogen (secondary N) is 2. The molecule has 1 aliphatic rings. The summed E-state index contributed by atoms with van der Waals surface area (Å²) < 4.78 is 3.39. The number of hydrogen-bond donors (Lipinski definition) is 3. The molecule has 9 nitrogen and oxygen atoms in total. The monoisotopic (exact) mass is 479 g/mol. The van der Waals surface area contributed by atoms with Gasteiger partial charge >= 0.3 is 0 Å². The second-order valence-corrected chi connectivity index (χ2v) is 8.98. The first-order chi connectivity index (χ1) is 17.6. The summed E-state index contributed by atoms with van der Waals surface area (Å²) in [5.41, 5.74) is 5.67. The van der Waals surface area contributed by atoms with E-state index >= 15 is 0 Å². The van der Waals surface area contributed by atoms with Crippen LogP contribution in [0.4, 0.5) is 17.2 Å². The summed E-state index contributed by atoms with van der Waals surface area (Å²) in [7, 11) is 1.85. The molecule has 1 aliphatic carbocycles. The van der Waals surface area contributed by atoms with Crippen LogP contribution in [0, 0.1) is 0 Å². The van der Waals surface area contributed by atoms with E-state index in [1.807, 2.05) is 61.8 Å². The minimum atomic E-state index is -0.265. The summed E-state index contributed by atoms with van der Waals surface area (Å²) in [6.45, 7) is -0.265. The average Bonchev–Trinajstić information content (AvgIpc) is 3.49. The zero-order valence-electron chi connectivity index (χ0n) is 19.7. The number of aliphatic hydroxyl groups excluding tert-OH is 1. The van der Waals surface area contributed by atoms with Crippen molar-refractivity contribution < 1.29 is 9.90 Å². The minimum Gasteiger partial charge on any atom is -0.392 e. The number of carbonyl (C=O) groups excluding carboxylic acids is 1. The summed E-state index contributed by atoms with van der Waals surface area (Å²) in [6, 6.07) is 17.0. The Labute approximate surface area is 207 Å². The van der Waals surface area contributed by atoms with Gasteiger partial charge in [0.05, 0.1) is 18.0 Å². The number of anilines is 3. The van der Waals surface area contributed by atoms with E-state index in [1.54, 1.807) is 27.7 Å². The van der Waals surface area contributed by atoms with Gasteiger partial charge in [-0.1, -0.05) is 24.3 Å². The average molecular weight is 480 g/mol. The number of amides is 1. The molecule has 3 aromatic heterocycles. The van der Waals surface area contributed by atoms with Crippen molar-refractivity contribution in [3.8, 4) is 11.3 Å². The molecule has 5 aromatic rings. The van der Waals surface area contributed by atoms with E-state index in [1.165, 1.54) is 18.4 Å². The van der Waals surface area contributed by atoms with E-state index in [4.69, 9.17) is 5.10 Å². The normalized spacial score (nSPS) is 13.2. The molecule has 36 heavy (non-hydrogen) atoms. The van der Waals surface area contributed by atoms with Crippen molar-refractivity contribution in [1.82, 2.24) is 24.4 Å². The Balaban J connectivity index is 1.34. The lowest BCUT2D eigenvalue weighted by Crippen LogP contribution is -2.14. The molecule has 9 heteroatoms. The Morgan fingerprint density at radius 2 is 1.89 bits per heavy atom. The molecular weight excluding hydrogens is 454 g/mol. The standard InChI is InChI=1S/C27H25N7O2/c1-33-13-11-25(32-33)29-24-15-23(31-34-14-12-28-26(24)34)20-3-2-4-22(21(20)16-35)30-27(36)19-9-7-18(8-10-19)17-5-6-17/h2-4,7-15,17,35H,5-6,16H2,1H3,(H,29,32)(H,30,36). The first kappa shape index (κ1) is 22.0. The van der Waals surface area contributed by atoms with Gasteiger partial charge in [0.25, 0.3) is 5.91 Å². The van der Waals surface area contributed by atoms with E-state index in [-0.39, 0.29) is 12.5 Å². The van der Waals surface area contributed by atoms with Gasteiger partial charge in [-0.25, -0.2) is 9.50 Å². The summed E-state index contributed by atoms with van der Waals surface area (Å²) >= 11 is 0. The molecule has 1 amide bonds. The van der Waals surface area contributed by atoms with E-state index in [0.717, 1.165) is 5.69 Å². The summed E-state index contributed by atoms with van der Waals surface area (Å²) in [6.07, 6.45) is 7.72. The van der Waals surface area contributed by atoms with Crippen LogP contribution in [0.5, 0.6) is 0 Å². The number of rotatable bonds is 7. The second kappa shape index (κ2) is 8.94. The molecule has 0 unspecified atom stereocenters. The Morgan fingerprint density at radius 1 is 1.06 bits per heavy atom. The van der Waals surface area contributed by atoms with Gasteiger partial charge in [0.1, 0.15) is 0 Å². The van der Waals surface area contributed by atoms with Crippen molar-refractivity contribution in [2.75, 3.05) is 10.6 Å². The molecule has 1 saturated carbocycles. The largest absolute Gasteiger partial charge is 0.392 e. The fourth-order valence-electron chi connectivity index (χ4n) is 4.39. The maximum Gasteiger partial charge on any atom is 0.255 e. The Morgan fingerprint density at radius 3 is 2.61 bits per heavy atom. The van der Waals surface area contributed by atoms with E-state index in [0.29, 0.717) is 45.5 Å². The zero-order chi connectivity index (χ0) is 24.6. The molecule has 3 heterocycles. The Hall–Kier alpha value is -4.50. The lowest BCUT2D eigenvalue weighted by Gasteiger charge is -2.15. The fourth-order valence-corrected chi connectivity index (χ4v) is 4.39. The van der Waals surface area contributed by atoms with Crippen molar-refractivity contribution in [2.45, 2.75) is 25.4 Å². The number of aryl methyl sites for hydroxylation is 1. The minimum absolute atomic E-state index is 0.222. The Kier molecular flexibility index (Phi) is 5.46. The molecule has 1 fully saturated rings. The van der Waals surface area contributed by atoms with E-state index < -0.39 is 0 Å². The van der Waals surface area contributed by atoms with Gasteiger partial charge in [0, 0.05) is 54.1 Å². The Bertz CT molecular complexity index is 1570. The van der Waals surface area contributed by atoms with Crippen LogP contribution in [-0.4, -0.2) is 35.4 Å². The first-order valence-electron chi connectivity index (χ1n) is 11.8. The van der Waals surface area contributed by atoms with Gasteiger partial charge in [-0.15, -0.1) is 0 Å². The van der Waals surface area contributed by atoms with Crippen molar-refractivity contribution in [3.63, 3.8) is 0 Å². The van der Waals surface area contributed by atoms with Crippen LogP contribution >= 0.6 is 0 Å². The molecule has 0 radical (unpaired) electrons. The van der Waals surface area contributed by atoms with E-state index in [9.17, 15) is 9.90 Å². The molecule has 0 atom stereocenters. The van der Waals surface area contributed by atoms with Crippen molar-refractivity contribution in [1.29, 1.82) is 0 Å². The highest BCUT2D eigenvalue weighted by Crippen LogP contribution is 2.40. The highest BCUT2D eigenvalue weighted by atomic mass is 16.3. The molecule has 0 spiro atoms. The lowest BCUT2D eigenvalue weighted by molar-refractivity contribution is 0.102.